The van der Waals surface area contributed by atoms with Crippen molar-refractivity contribution in [2.24, 2.45) is 0 Å². The highest BCUT2D eigenvalue weighted by Gasteiger charge is 2.14. The minimum atomic E-state index is -0.392. The predicted octanol–water partition coefficient (Wildman–Crippen LogP) is 3.37. The van der Waals surface area contributed by atoms with E-state index < -0.39 is 4.92 Å². The molecule has 0 saturated heterocycles. The highest BCUT2D eigenvalue weighted by molar-refractivity contribution is 5.77. The van der Waals surface area contributed by atoms with Crippen LogP contribution in [0.2, 0.25) is 0 Å². The van der Waals surface area contributed by atoms with Gasteiger partial charge in [0.25, 0.3) is 5.69 Å². The lowest BCUT2D eigenvalue weighted by Crippen LogP contribution is -1.97. The summed E-state index contributed by atoms with van der Waals surface area (Å²) in [5.41, 5.74) is 1.62. The van der Waals surface area contributed by atoms with Gasteiger partial charge in [0, 0.05) is 18.1 Å². The van der Waals surface area contributed by atoms with Crippen molar-refractivity contribution in [3.05, 3.63) is 34.1 Å². The van der Waals surface area contributed by atoms with Gasteiger partial charge in [-0.2, -0.15) is 0 Å². The molecule has 1 aromatic carbocycles. The van der Waals surface area contributed by atoms with Crippen LogP contribution in [0.15, 0.2) is 18.2 Å². The number of aromatic amines is 1. The molecule has 0 aliphatic rings. The fourth-order valence-electron chi connectivity index (χ4n) is 2.00. The fraction of sp³-hybridized carbons (Fsp3) is 0.417. The predicted molar refractivity (Wildman–Crippen MR) is 66.1 cm³/mol. The molecule has 0 spiro atoms. The van der Waals surface area contributed by atoms with Gasteiger partial charge in [0.1, 0.15) is 5.82 Å². The number of rotatable bonds is 4. The Balaban J connectivity index is 2.46. The number of nitro benzene ring substituents is 1. The molecule has 0 bridgehead atoms. The molecule has 90 valence electrons. The van der Waals surface area contributed by atoms with E-state index in [9.17, 15) is 10.1 Å². The van der Waals surface area contributed by atoms with E-state index in [-0.39, 0.29) is 5.69 Å². The van der Waals surface area contributed by atoms with Crippen LogP contribution in [0, 0.1) is 10.1 Å². The van der Waals surface area contributed by atoms with Crippen LogP contribution in [0.4, 0.5) is 5.69 Å². The van der Waals surface area contributed by atoms with Gasteiger partial charge in [-0.05, 0) is 18.9 Å². The Hall–Kier alpha value is -1.91. The number of nitro groups is 1. The summed E-state index contributed by atoms with van der Waals surface area (Å²) >= 11 is 0. The summed E-state index contributed by atoms with van der Waals surface area (Å²) in [5.74, 6) is 1.31. The Morgan fingerprint density at radius 2 is 2.12 bits per heavy atom. The number of aromatic nitrogens is 2. The Morgan fingerprint density at radius 3 is 2.71 bits per heavy atom. The largest absolute Gasteiger partial charge is 0.342 e. The van der Waals surface area contributed by atoms with Crippen LogP contribution >= 0.6 is 0 Å². The minimum Gasteiger partial charge on any atom is -0.342 e. The van der Waals surface area contributed by atoms with Gasteiger partial charge in [-0.25, -0.2) is 4.98 Å². The second-order valence-corrected chi connectivity index (χ2v) is 4.09. The molecule has 0 fully saturated rings. The van der Waals surface area contributed by atoms with Crippen molar-refractivity contribution in [1.29, 1.82) is 0 Å². The average molecular weight is 233 g/mol. The number of non-ortho nitro benzene ring substituents is 1. The van der Waals surface area contributed by atoms with E-state index in [1.54, 1.807) is 6.07 Å². The average Bonchev–Trinajstić information content (AvgIpc) is 2.72. The van der Waals surface area contributed by atoms with Crippen LogP contribution in [0.1, 0.15) is 38.4 Å². The molecule has 5 heteroatoms. The van der Waals surface area contributed by atoms with Crippen molar-refractivity contribution < 1.29 is 4.92 Å². The summed E-state index contributed by atoms with van der Waals surface area (Å²) in [4.78, 5) is 17.9. The summed E-state index contributed by atoms with van der Waals surface area (Å²) in [6.07, 6.45) is 2.02. The first kappa shape index (κ1) is 11.6. The maximum Gasteiger partial charge on any atom is 0.271 e. The Labute approximate surface area is 99.0 Å². The lowest BCUT2D eigenvalue weighted by molar-refractivity contribution is -0.384. The normalized spacial score (nSPS) is 11.2. The minimum absolute atomic E-state index is 0.0947. The van der Waals surface area contributed by atoms with Crippen LogP contribution < -0.4 is 0 Å². The van der Waals surface area contributed by atoms with Gasteiger partial charge in [-0.3, -0.25) is 10.1 Å². The molecular formula is C12H15N3O2. The summed E-state index contributed by atoms with van der Waals surface area (Å²) in [7, 11) is 0. The summed E-state index contributed by atoms with van der Waals surface area (Å²) < 4.78 is 0. The molecule has 0 saturated carbocycles. The van der Waals surface area contributed by atoms with E-state index in [1.807, 2.05) is 0 Å². The van der Waals surface area contributed by atoms with Crippen LogP contribution in [0.5, 0.6) is 0 Å². The third-order valence-electron chi connectivity index (χ3n) is 3.07. The highest BCUT2D eigenvalue weighted by atomic mass is 16.6. The molecule has 0 atom stereocenters. The van der Waals surface area contributed by atoms with Crippen molar-refractivity contribution in [2.75, 3.05) is 0 Å². The van der Waals surface area contributed by atoms with Crippen LogP contribution in [0.3, 0.4) is 0 Å². The molecule has 0 aliphatic heterocycles. The highest BCUT2D eigenvalue weighted by Crippen LogP contribution is 2.25. The van der Waals surface area contributed by atoms with Gasteiger partial charge in [-0.15, -0.1) is 0 Å². The monoisotopic (exact) mass is 233 g/mol. The number of hydrogen-bond acceptors (Lipinski definition) is 3. The number of nitrogens with one attached hydrogen (secondary N) is 1. The van der Waals surface area contributed by atoms with Crippen molar-refractivity contribution >= 4 is 16.7 Å². The molecule has 5 nitrogen and oxygen atoms in total. The van der Waals surface area contributed by atoms with E-state index in [2.05, 4.69) is 23.8 Å². The van der Waals surface area contributed by atoms with Crippen LogP contribution in [0.25, 0.3) is 11.0 Å². The summed E-state index contributed by atoms with van der Waals surface area (Å²) in [6.45, 7) is 4.23. The van der Waals surface area contributed by atoms with Gasteiger partial charge in [0.05, 0.1) is 16.0 Å². The summed E-state index contributed by atoms with van der Waals surface area (Å²) in [6, 6.07) is 4.71. The van der Waals surface area contributed by atoms with Gasteiger partial charge in [0.15, 0.2) is 0 Å². The molecule has 0 aliphatic carbocycles. The van der Waals surface area contributed by atoms with E-state index in [1.165, 1.54) is 12.1 Å². The van der Waals surface area contributed by atoms with Gasteiger partial charge >= 0.3 is 0 Å². The lowest BCUT2D eigenvalue weighted by Gasteiger charge is -2.07. The molecule has 0 radical (unpaired) electrons. The zero-order valence-corrected chi connectivity index (χ0v) is 9.93. The molecule has 0 unspecified atom stereocenters. The lowest BCUT2D eigenvalue weighted by atomic mass is 10.0. The maximum absolute atomic E-state index is 10.7. The Morgan fingerprint density at radius 1 is 1.41 bits per heavy atom. The summed E-state index contributed by atoms with van der Waals surface area (Å²) in [5, 5.41) is 10.7. The second-order valence-electron chi connectivity index (χ2n) is 4.09. The quantitative estimate of drug-likeness (QED) is 0.650. The third kappa shape index (κ3) is 2.13. The molecule has 17 heavy (non-hydrogen) atoms. The topological polar surface area (TPSA) is 71.8 Å². The molecule has 2 aromatic rings. The zero-order chi connectivity index (χ0) is 12.4. The number of hydrogen-bond donors (Lipinski definition) is 1. The SMILES string of the molecule is CCC(CC)c1nc2ccc([N+](=O)[O-])cc2[nH]1. The number of H-pyrrole nitrogens is 1. The van der Waals surface area contributed by atoms with Crippen molar-refractivity contribution in [3.8, 4) is 0 Å². The number of fused-ring (bicyclic) bond motifs is 1. The van der Waals surface area contributed by atoms with Crippen molar-refractivity contribution in [3.63, 3.8) is 0 Å². The van der Waals surface area contributed by atoms with E-state index in [0.29, 0.717) is 5.92 Å². The molecule has 1 N–H and O–H groups in total. The standard InChI is InChI=1S/C12H15N3O2/c1-3-8(4-2)12-13-10-6-5-9(15(16)17)7-11(10)14-12/h5-8H,3-4H2,1-2H3,(H,13,14). The van der Waals surface area contributed by atoms with Gasteiger partial charge in [0.2, 0.25) is 0 Å². The Bertz CT molecular complexity index is 544. The van der Waals surface area contributed by atoms with E-state index >= 15 is 0 Å². The number of benzene rings is 1. The Kier molecular flexibility index (Phi) is 3.08. The second kappa shape index (κ2) is 4.53. The fourth-order valence-corrected chi connectivity index (χ4v) is 2.00. The number of nitrogens with zero attached hydrogens (tertiary/aromatic N) is 2. The first-order valence-corrected chi connectivity index (χ1v) is 5.79. The van der Waals surface area contributed by atoms with Crippen molar-refractivity contribution in [1.82, 2.24) is 9.97 Å². The molecule has 1 aromatic heterocycles. The van der Waals surface area contributed by atoms with E-state index in [0.717, 1.165) is 29.7 Å². The first-order chi connectivity index (χ1) is 8.15. The third-order valence-corrected chi connectivity index (χ3v) is 3.07. The van der Waals surface area contributed by atoms with Gasteiger partial charge < -0.3 is 4.98 Å². The van der Waals surface area contributed by atoms with Crippen LogP contribution in [-0.4, -0.2) is 14.9 Å². The zero-order valence-electron chi connectivity index (χ0n) is 9.93. The smallest absolute Gasteiger partial charge is 0.271 e. The van der Waals surface area contributed by atoms with Crippen molar-refractivity contribution in [2.45, 2.75) is 32.6 Å². The van der Waals surface area contributed by atoms with E-state index in [4.69, 9.17) is 0 Å². The van der Waals surface area contributed by atoms with Gasteiger partial charge in [-0.1, -0.05) is 13.8 Å². The molecular weight excluding hydrogens is 218 g/mol. The molecule has 1 heterocycles. The molecule has 2 rings (SSSR count). The number of imidazole rings is 1. The van der Waals surface area contributed by atoms with Crippen LogP contribution in [-0.2, 0) is 0 Å². The first-order valence-electron chi connectivity index (χ1n) is 5.79. The maximum atomic E-state index is 10.7. The molecule has 0 amide bonds.